The molecule has 3 atom stereocenters. The molecule has 1 saturated heterocycles. The van der Waals surface area contributed by atoms with Crippen molar-refractivity contribution in [3.8, 4) is 0 Å². The quantitative estimate of drug-likeness (QED) is 0.629. The lowest BCUT2D eigenvalue weighted by molar-refractivity contribution is -0.141. The second-order valence-electron chi connectivity index (χ2n) is 6.34. The van der Waals surface area contributed by atoms with Gasteiger partial charge in [-0.15, -0.1) is 0 Å². The summed E-state index contributed by atoms with van der Waals surface area (Å²) >= 11 is 0. The fourth-order valence-electron chi connectivity index (χ4n) is 3.96. The first-order valence-electron chi connectivity index (χ1n) is 7.34. The van der Waals surface area contributed by atoms with E-state index in [0.717, 1.165) is 5.57 Å². The smallest absolute Gasteiger partial charge is 0.310 e. The van der Waals surface area contributed by atoms with E-state index in [9.17, 15) is 4.79 Å². The van der Waals surface area contributed by atoms with Crippen LogP contribution in [-0.2, 0) is 26.3 Å². The molecule has 0 amide bonds. The summed E-state index contributed by atoms with van der Waals surface area (Å²) in [5.74, 6) is 0.279. The standard InChI is InChI=1S/C18H18O3/c1-11(2)8-20-9-13-5-3-4-12-6-7-14-16-17(19)21-10-18(14,16)15(12)13/h3-7,14,16H,1,8-10H2,2H3/t14?,16-,18-/m0/s1. The zero-order valence-corrected chi connectivity index (χ0v) is 12.1. The molecule has 1 aromatic carbocycles. The second kappa shape index (κ2) is 4.31. The van der Waals surface area contributed by atoms with Crippen molar-refractivity contribution in [1.29, 1.82) is 0 Å². The summed E-state index contributed by atoms with van der Waals surface area (Å²) in [6.07, 6.45) is 4.31. The fourth-order valence-corrected chi connectivity index (χ4v) is 3.96. The van der Waals surface area contributed by atoms with Crippen molar-refractivity contribution in [2.45, 2.75) is 18.9 Å². The molecule has 1 spiro atoms. The first-order valence-corrected chi connectivity index (χ1v) is 7.34. The number of fused-ring (bicyclic) bond motifs is 2. The largest absolute Gasteiger partial charge is 0.464 e. The van der Waals surface area contributed by atoms with Gasteiger partial charge in [0.2, 0.25) is 0 Å². The van der Waals surface area contributed by atoms with Crippen LogP contribution in [0.15, 0.2) is 36.4 Å². The van der Waals surface area contributed by atoms with Gasteiger partial charge >= 0.3 is 5.97 Å². The summed E-state index contributed by atoms with van der Waals surface area (Å²) in [5, 5.41) is 0. The highest BCUT2D eigenvalue weighted by molar-refractivity contribution is 5.87. The number of hydrogen-bond donors (Lipinski definition) is 0. The van der Waals surface area contributed by atoms with Crippen molar-refractivity contribution in [2.24, 2.45) is 11.8 Å². The van der Waals surface area contributed by atoms with Gasteiger partial charge in [-0.25, -0.2) is 0 Å². The van der Waals surface area contributed by atoms with Crippen LogP contribution >= 0.6 is 0 Å². The maximum absolute atomic E-state index is 11.9. The van der Waals surface area contributed by atoms with Crippen LogP contribution in [0.5, 0.6) is 0 Å². The molecular weight excluding hydrogens is 264 g/mol. The number of allylic oxidation sites excluding steroid dienone is 1. The molecule has 3 heteroatoms. The Balaban J connectivity index is 1.71. The van der Waals surface area contributed by atoms with E-state index in [0.29, 0.717) is 25.7 Å². The average molecular weight is 282 g/mol. The Labute approximate surface area is 124 Å². The minimum Gasteiger partial charge on any atom is -0.464 e. The van der Waals surface area contributed by atoms with Gasteiger partial charge in [-0.05, 0) is 23.6 Å². The molecule has 1 aromatic rings. The molecular formula is C18H18O3. The van der Waals surface area contributed by atoms with Crippen LogP contribution in [0, 0.1) is 11.8 Å². The van der Waals surface area contributed by atoms with E-state index in [1.807, 2.05) is 6.92 Å². The molecule has 108 valence electrons. The predicted molar refractivity (Wildman–Crippen MR) is 79.6 cm³/mol. The third-order valence-corrected chi connectivity index (χ3v) is 4.84. The summed E-state index contributed by atoms with van der Waals surface area (Å²) in [6.45, 7) is 7.44. The van der Waals surface area contributed by atoms with Gasteiger partial charge in [-0.3, -0.25) is 4.79 Å². The molecule has 21 heavy (non-hydrogen) atoms. The predicted octanol–water partition coefficient (Wildman–Crippen LogP) is 2.85. The van der Waals surface area contributed by atoms with Crippen LogP contribution < -0.4 is 0 Å². The first-order chi connectivity index (χ1) is 10.1. The number of rotatable bonds is 4. The monoisotopic (exact) mass is 282 g/mol. The molecule has 0 N–H and O–H groups in total. The van der Waals surface area contributed by atoms with Gasteiger partial charge < -0.3 is 9.47 Å². The lowest BCUT2D eigenvalue weighted by atomic mass is 9.82. The van der Waals surface area contributed by atoms with Crippen LogP contribution in [0.25, 0.3) is 6.08 Å². The SMILES string of the molecule is C=C(C)COCc1cccc2c1[C@@]13COC(=O)[C@@H]1C3C=C2. The summed E-state index contributed by atoms with van der Waals surface area (Å²) in [7, 11) is 0. The van der Waals surface area contributed by atoms with E-state index in [2.05, 4.69) is 36.9 Å². The number of cyclic esters (lactones) is 1. The van der Waals surface area contributed by atoms with Crippen molar-refractivity contribution in [3.05, 3.63) is 53.1 Å². The van der Waals surface area contributed by atoms with Gasteiger partial charge in [-0.1, -0.05) is 42.5 Å². The van der Waals surface area contributed by atoms with E-state index < -0.39 is 0 Å². The van der Waals surface area contributed by atoms with E-state index in [1.54, 1.807) is 0 Å². The van der Waals surface area contributed by atoms with Crippen LogP contribution in [0.3, 0.4) is 0 Å². The van der Waals surface area contributed by atoms with E-state index in [4.69, 9.17) is 9.47 Å². The minimum atomic E-state index is -0.121. The Morgan fingerprint density at radius 3 is 3.19 bits per heavy atom. The zero-order valence-electron chi connectivity index (χ0n) is 12.1. The molecule has 1 aliphatic heterocycles. The van der Waals surface area contributed by atoms with Crippen molar-refractivity contribution in [1.82, 2.24) is 0 Å². The highest BCUT2D eigenvalue weighted by Gasteiger charge is 2.74. The van der Waals surface area contributed by atoms with Crippen LogP contribution in [0.2, 0.25) is 0 Å². The molecule has 2 fully saturated rings. The van der Waals surface area contributed by atoms with E-state index in [1.165, 1.54) is 16.7 Å². The molecule has 1 saturated carbocycles. The number of carbonyl (C=O) groups excluding carboxylic acids is 1. The Hall–Kier alpha value is -1.87. The minimum absolute atomic E-state index is 0.0114. The van der Waals surface area contributed by atoms with E-state index in [-0.39, 0.29) is 17.3 Å². The highest BCUT2D eigenvalue weighted by Crippen LogP contribution is 2.67. The molecule has 3 aliphatic rings. The summed E-state index contributed by atoms with van der Waals surface area (Å²) in [5.41, 5.74) is 4.52. The second-order valence-corrected chi connectivity index (χ2v) is 6.34. The molecule has 3 nitrogen and oxygen atoms in total. The van der Waals surface area contributed by atoms with Gasteiger partial charge in [0.25, 0.3) is 0 Å². The Morgan fingerprint density at radius 2 is 2.38 bits per heavy atom. The number of carbonyl (C=O) groups is 1. The molecule has 2 aliphatic carbocycles. The van der Waals surface area contributed by atoms with Gasteiger partial charge in [0.1, 0.15) is 6.61 Å². The third kappa shape index (κ3) is 1.67. The number of hydrogen-bond acceptors (Lipinski definition) is 3. The molecule has 1 heterocycles. The zero-order chi connectivity index (χ0) is 14.6. The summed E-state index contributed by atoms with van der Waals surface area (Å²) in [6, 6.07) is 6.26. The molecule has 4 rings (SSSR count). The lowest BCUT2D eigenvalue weighted by Crippen LogP contribution is -2.21. The lowest BCUT2D eigenvalue weighted by Gasteiger charge is -2.23. The summed E-state index contributed by atoms with van der Waals surface area (Å²) < 4.78 is 11.0. The normalized spacial score (nSPS) is 31.2. The molecule has 1 unspecified atom stereocenters. The van der Waals surface area contributed by atoms with Gasteiger partial charge in [-0.2, -0.15) is 0 Å². The maximum Gasteiger partial charge on any atom is 0.310 e. The maximum atomic E-state index is 11.9. The number of ether oxygens (including phenoxy) is 2. The number of benzene rings is 1. The number of esters is 1. The summed E-state index contributed by atoms with van der Waals surface area (Å²) in [4.78, 5) is 11.9. The highest BCUT2D eigenvalue weighted by atomic mass is 16.5. The molecule has 0 aromatic heterocycles. The van der Waals surface area contributed by atoms with Crippen molar-refractivity contribution < 1.29 is 14.3 Å². The topological polar surface area (TPSA) is 35.5 Å². The van der Waals surface area contributed by atoms with Crippen LogP contribution in [-0.4, -0.2) is 19.2 Å². The van der Waals surface area contributed by atoms with E-state index >= 15 is 0 Å². The third-order valence-electron chi connectivity index (χ3n) is 4.84. The average Bonchev–Trinajstić information content (AvgIpc) is 3.03. The Kier molecular flexibility index (Phi) is 2.64. The van der Waals surface area contributed by atoms with Gasteiger partial charge in [0.05, 0.1) is 24.5 Å². The van der Waals surface area contributed by atoms with Gasteiger partial charge in [0.15, 0.2) is 0 Å². The molecule has 0 radical (unpaired) electrons. The molecule has 0 bridgehead atoms. The van der Waals surface area contributed by atoms with Crippen molar-refractivity contribution in [2.75, 3.05) is 13.2 Å². The van der Waals surface area contributed by atoms with Gasteiger partial charge in [0, 0.05) is 5.92 Å². The van der Waals surface area contributed by atoms with Crippen LogP contribution in [0.1, 0.15) is 23.6 Å². The van der Waals surface area contributed by atoms with Crippen molar-refractivity contribution >= 4 is 12.0 Å². The van der Waals surface area contributed by atoms with Crippen molar-refractivity contribution in [3.63, 3.8) is 0 Å². The fraction of sp³-hybridized carbons (Fsp3) is 0.389. The first kappa shape index (κ1) is 12.8. The van der Waals surface area contributed by atoms with Crippen LogP contribution in [0.4, 0.5) is 0 Å². The Bertz CT molecular complexity index is 673. The Morgan fingerprint density at radius 1 is 1.52 bits per heavy atom.